The molecule has 2 aromatic rings. The first-order valence-electron chi connectivity index (χ1n) is 7.33. The summed E-state index contributed by atoms with van der Waals surface area (Å²) < 4.78 is 0. The molecule has 0 saturated heterocycles. The third-order valence-electron chi connectivity index (χ3n) is 4.03. The second-order valence-corrected chi connectivity index (χ2v) is 6.20. The van der Waals surface area contributed by atoms with Crippen LogP contribution >= 0.6 is 12.2 Å². The van der Waals surface area contributed by atoms with Crippen LogP contribution < -0.4 is 10.6 Å². The molecule has 0 unspecified atom stereocenters. The van der Waals surface area contributed by atoms with E-state index in [4.69, 9.17) is 12.2 Å². The third kappa shape index (κ3) is 3.24. The zero-order chi connectivity index (χ0) is 14.8. The maximum Gasteiger partial charge on any atom is 0.171 e. The smallest absolute Gasteiger partial charge is 0.171 e. The van der Waals surface area contributed by atoms with Gasteiger partial charge in [-0.15, -0.1) is 0 Å². The number of hydrogen-bond acceptors (Lipinski definition) is 1. The van der Waals surface area contributed by atoms with Gasteiger partial charge >= 0.3 is 0 Å². The monoisotopic (exact) mass is 296 g/mol. The minimum absolute atomic E-state index is 0.396. The summed E-state index contributed by atoms with van der Waals surface area (Å²) in [6, 6.07) is 15.4. The van der Waals surface area contributed by atoms with E-state index in [2.05, 4.69) is 66.9 Å². The Labute approximate surface area is 131 Å². The number of nitrogens with one attached hydrogen (secondary N) is 2. The fourth-order valence-electron chi connectivity index (χ4n) is 2.88. The van der Waals surface area contributed by atoms with Gasteiger partial charge in [0.1, 0.15) is 0 Å². The topological polar surface area (TPSA) is 24.1 Å². The Morgan fingerprint density at radius 2 is 1.71 bits per heavy atom. The fourth-order valence-corrected chi connectivity index (χ4v) is 3.15. The summed E-state index contributed by atoms with van der Waals surface area (Å²) >= 11 is 5.46. The Hall–Kier alpha value is -1.87. The van der Waals surface area contributed by atoms with Gasteiger partial charge in [0.05, 0.1) is 0 Å². The highest BCUT2D eigenvalue weighted by Gasteiger charge is 2.21. The molecule has 2 nitrogen and oxygen atoms in total. The number of rotatable bonds is 2. The van der Waals surface area contributed by atoms with Gasteiger partial charge in [0.15, 0.2) is 5.11 Å². The molecule has 0 radical (unpaired) electrons. The molecular weight excluding hydrogens is 276 g/mol. The van der Waals surface area contributed by atoms with E-state index < -0.39 is 0 Å². The number of hydrogen-bond donors (Lipinski definition) is 2. The second-order valence-electron chi connectivity index (χ2n) is 5.79. The van der Waals surface area contributed by atoms with Gasteiger partial charge in [-0.3, -0.25) is 0 Å². The minimum Gasteiger partial charge on any atom is -0.359 e. The highest BCUT2D eigenvalue weighted by atomic mass is 32.1. The Bertz CT molecular complexity index is 654. The van der Waals surface area contributed by atoms with Crippen LogP contribution in [0.5, 0.6) is 0 Å². The van der Waals surface area contributed by atoms with Crippen LogP contribution in [0.2, 0.25) is 0 Å². The van der Waals surface area contributed by atoms with Crippen LogP contribution in [0, 0.1) is 13.8 Å². The standard InChI is InChI=1S/C18H20N2S/c1-12-7-8-13(2)17(9-12)20-18(21)19-16-10-14-5-3-4-6-15(14)11-16/h3-9,16H,10-11H2,1-2H3,(H2,19,20,21). The van der Waals surface area contributed by atoms with Crippen LogP contribution in [0.25, 0.3) is 0 Å². The van der Waals surface area contributed by atoms with Crippen molar-refractivity contribution < 1.29 is 0 Å². The molecule has 3 rings (SSSR count). The summed E-state index contributed by atoms with van der Waals surface area (Å²) in [7, 11) is 0. The molecule has 0 atom stereocenters. The quantitative estimate of drug-likeness (QED) is 0.825. The Balaban J connectivity index is 1.62. The molecule has 2 aromatic carbocycles. The molecule has 0 fully saturated rings. The predicted molar refractivity (Wildman–Crippen MR) is 92.9 cm³/mol. The molecule has 108 valence electrons. The summed E-state index contributed by atoms with van der Waals surface area (Å²) in [5, 5.41) is 7.48. The van der Waals surface area contributed by atoms with Crippen molar-refractivity contribution in [2.75, 3.05) is 5.32 Å². The summed E-state index contributed by atoms with van der Waals surface area (Å²) in [6.45, 7) is 4.19. The van der Waals surface area contributed by atoms with Crippen molar-refractivity contribution in [2.45, 2.75) is 32.7 Å². The highest BCUT2D eigenvalue weighted by Crippen LogP contribution is 2.22. The summed E-state index contributed by atoms with van der Waals surface area (Å²) in [5.41, 5.74) is 6.40. The molecule has 0 bridgehead atoms. The molecule has 0 heterocycles. The van der Waals surface area contributed by atoms with Crippen molar-refractivity contribution >= 4 is 23.0 Å². The summed E-state index contributed by atoms with van der Waals surface area (Å²) in [6.07, 6.45) is 2.09. The maximum absolute atomic E-state index is 5.46. The van der Waals surface area contributed by atoms with Gasteiger partial charge < -0.3 is 10.6 Å². The summed E-state index contributed by atoms with van der Waals surface area (Å²) in [5.74, 6) is 0. The molecule has 0 aromatic heterocycles. The van der Waals surface area contributed by atoms with Gasteiger partial charge in [0.2, 0.25) is 0 Å². The van der Waals surface area contributed by atoms with Crippen molar-refractivity contribution in [1.29, 1.82) is 0 Å². The van der Waals surface area contributed by atoms with E-state index in [0.717, 1.165) is 18.5 Å². The van der Waals surface area contributed by atoms with Crippen LogP contribution in [0.1, 0.15) is 22.3 Å². The van der Waals surface area contributed by atoms with E-state index in [1.54, 1.807) is 0 Å². The van der Waals surface area contributed by atoms with E-state index in [1.165, 1.54) is 22.3 Å². The lowest BCUT2D eigenvalue weighted by atomic mass is 10.1. The van der Waals surface area contributed by atoms with E-state index in [0.29, 0.717) is 11.2 Å². The molecule has 2 N–H and O–H groups in total. The van der Waals surface area contributed by atoms with E-state index in [-0.39, 0.29) is 0 Å². The molecule has 0 amide bonds. The maximum atomic E-state index is 5.46. The molecule has 0 spiro atoms. The molecule has 3 heteroatoms. The molecular formula is C18H20N2S. The molecule has 0 saturated carbocycles. The second kappa shape index (κ2) is 5.86. The lowest BCUT2D eigenvalue weighted by Crippen LogP contribution is -2.38. The van der Waals surface area contributed by atoms with Crippen LogP contribution in [0.3, 0.4) is 0 Å². The summed E-state index contributed by atoms with van der Waals surface area (Å²) in [4.78, 5) is 0. The van der Waals surface area contributed by atoms with Gasteiger partial charge in [-0.05, 0) is 67.2 Å². The normalized spacial score (nSPS) is 13.8. The number of anilines is 1. The molecule has 21 heavy (non-hydrogen) atoms. The van der Waals surface area contributed by atoms with Crippen LogP contribution in [-0.4, -0.2) is 11.2 Å². The first-order valence-corrected chi connectivity index (χ1v) is 7.74. The first kappa shape index (κ1) is 14.1. The van der Waals surface area contributed by atoms with Crippen LogP contribution in [0.15, 0.2) is 42.5 Å². The minimum atomic E-state index is 0.396. The van der Waals surface area contributed by atoms with Crippen LogP contribution in [-0.2, 0) is 12.8 Å². The van der Waals surface area contributed by atoms with Crippen LogP contribution in [0.4, 0.5) is 5.69 Å². The highest BCUT2D eigenvalue weighted by molar-refractivity contribution is 7.80. The zero-order valence-electron chi connectivity index (χ0n) is 12.4. The Morgan fingerprint density at radius 1 is 1.05 bits per heavy atom. The van der Waals surface area contributed by atoms with Crippen molar-refractivity contribution in [2.24, 2.45) is 0 Å². The molecule has 1 aliphatic carbocycles. The number of aryl methyl sites for hydroxylation is 2. The number of thiocarbonyl (C=S) groups is 1. The van der Waals surface area contributed by atoms with Crippen molar-refractivity contribution in [3.8, 4) is 0 Å². The van der Waals surface area contributed by atoms with E-state index in [1.807, 2.05) is 0 Å². The van der Waals surface area contributed by atoms with E-state index >= 15 is 0 Å². The van der Waals surface area contributed by atoms with E-state index in [9.17, 15) is 0 Å². The average Bonchev–Trinajstić information content (AvgIpc) is 2.84. The third-order valence-corrected chi connectivity index (χ3v) is 4.25. The van der Waals surface area contributed by atoms with Gasteiger partial charge in [0, 0.05) is 11.7 Å². The SMILES string of the molecule is Cc1ccc(C)c(NC(=S)NC2Cc3ccccc3C2)c1. The van der Waals surface area contributed by atoms with Crippen molar-refractivity contribution in [1.82, 2.24) is 5.32 Å². The number of fused-ring (bicyclic) bond motifs is 1. The van der Waals surface area contributed by atoms with Crippen molar-refractivity contribution in [3.05, 3.63) is 64.7 Å². The zero-order valence-corrected chi connectivity index (χ0v) is 13.3. The largest absolute Gasteiger partial charge is 0.359 e. The molecule has 1 aliphatic rings. The number of benzene rings is 2. The van der Waals surface area contributed by atoms with Gasteiger partial charge in [-0.25, -0.2) is 0 Å². The average molecular weight is 296 g/mol. The lowest BCUT2D eigenvalue weighted by Gasteiger charge is -2.17. The predicted octanol–water partition coefficient (Wildman–Crippen LogP) is 3.76. The Morgan fingerprint density at radius 3 is 2.38 bits per heavy atom. The fraction of sp³-hybridized carbons (Fsp3) is 0.278. The van der Waals surface area contributed by atoms with Gasteiger partial charge in [-0.2, -0.15) is 0 Å². The van der Waals surface area contributed by atoms with Gasteiger partial charge in [0.25, 0.3) is 0 Å². The Kier molecular flexibility index (Phi) is 3.93. The lowest BCUT2D eigenvalue weighted by molar-refractivity contribution is 0.648. The first-order chi connectivity index (χ1) is 10.1. The van der Waals surface area contributed by atoms with Crippen molar-refractivity contribution in [3.63, 3.8) is 0 Å². The van der Waals surface area contributed by atoms with Gasteiger partial charge in [-0.1, -0.05) is 36.4 Å². The molecule has 0 aliphatic heterocycles.